The number of anilines is 1. The Labute approximate surface area is 123 Å². The first kappa shape index (κ1) is 15.1. The van der Waals surface area contributed by atoms with Gasteiger partial charge in [0.05, 0.1) is 15.9 Å². The molecule has 0 spiro atoms. The first-order valence-electron chi connectivity index (χ1n) is 6.13. The van der Waals surface area contributed by atoms with Gasteiger partial charge in [0.2, 0.25) is 0 Å². The average molecular weight is 317 g/mol. The summed E-state index contributed by atoms with van der Waals surface area (Å²) in [6.45, 7) is 4.13. The summed E-state index contributed by atoms with van der Waals surface area (Å²) >= 11 is 6.22. The fraction of sp³-hybridized carbons (Fsp3) is 0.417. The fourth-order valence-electron chi connectivity index (χ4n) is 2.12. The molecule has 0 atom stereocenters. The first-order chi connectivity index (χ1) is 9.26. The van der Waals surface area contributed by atoms with Gasteiger partial charge in [-0.05, 0) is 17.5 Å². The number of hydrogen-bond acceptors (Lipinski definition) is 3. The van der Waals surface area contributed by atoms with Crippen LogP contribution in [0.4, 0.5) is 5.82 Å². The van der Waals surface area contributed by atoms with E-state index in [1.807, 2.05) is 6.07 Å². The Morgan fingerprint density at radius 2 is 2.00 bits per heavy atom. The summed E-state index contributed by atoms with van der Waals surface area (Å²) in [5, 5.41) is 5.30. The highest BCUT2D eigenvalue weighted by Gasteiger charge is 2.19. The molecule has 0 amide bonds. The number of nitrogens with zero attached hydrogens (tertiary/aromatic N) is 2. The van der Waals surface area contributed by atoms with Crippen LogP contribution >= 0.6 is 11.6 Å². The number of fused-ring (bicyclic) bond motifs is 1. The lowest BCUT2D eigenvalue weighted by Crippen LogP contribution is -2.26. The Balaban J connectivity index is 2.73. The van der Waals surface area contributed by atoms with E-state index in [0.717, 1.165) is 11.1 Å². The van der Waals surface area contributed by atoms with Crippen LogP contribution in [-0.4, -0.2) is 25.2 Å². The number of halogens is 1. The zero-order valence-corrected chi connectivity index (χ0v) is 13.3. The molecule has 2 N–H and O–H groups in total. The smallest absolute Gasteiger partial charge is 0.265 e. The van der Waals surface area contributed by atoms with Crippen LogP contribution in [0.1, 0.15) is 25.3 Å². The van der Waals surface area contributed by atoms with Gasteiger partial charge in [0.1, 0.15) is 0 Å². The van der Waals surface area contributed by atoms with Crippen LogP contribution in [0.25, 0.3) is 10.9 Å². The van der Waals surface area contributed by atoms with Crippen molar-refractivity contribution in [1.82, 2.24) is 14.5 Å². The molecule has 1 heterocycles. The molecule has 0 fully saturated rings. The highest BCUT2D eigenvalue weighted by atomic mass is 35.5. The molecule has 0 aliphatic carbocycles. The van der Waals surface area contributed by atoms with Gasteiger partial charge in [0.25, 0.3) is 10.2 Å². The summed E-state index contributed by atoms with van der Waals surface area (Å²) in [6.07, 6.45) is 0. The number of benzene rings is 1. The highest BCUT2D eigenvalue weighted by molar-refractivity contribution is 7.90. The Morgan fingerprint density at radius 1 is 1.35 bits per heavy atom. The van der Waals surface area contributed by atoms with Gasteiger partial charge in [-0.2, -0.15) is 13.5 Å². The molecule has 1 aromatic heterocycles. The second-order valence-corrected chi connectivity index (χ2v) is 6.82. The van der Waals surface area contributed by atoms with Crippen molar-refractivity contribution in [2.24, 2.45) is 7.05 Å². The maximum Gasteiger partial charge on any atom is 0.300 e. The lowest BCUT2D eigenvalue weighted by molar-refractivity contribution is 0.593. The van der Waals surface area contributed by atoms with Gasteiger partial charge in [0, 0.05) is 14.1 Å². The molecule has 0 unspecified atom stereocenters. The van der Waals surface area contributed by atoms with Crippen LogP contribution in [-0.2, 0) is 17.3 Å². The van der Waals surface area contributed by atoms with Crippen LogP contribution in [0.15, 0.2) is 12.1 Å². The van der Waals surface area contributed by atoms with Crippen molar-refractivity contribution in [3.63, 3.8) is 0 Å². The summed E-state index contributed by atoms with van der Waals surface area (Å²) in [6, 6.07) is 3.70. The summed E-state index contributed by atoms with van der Waals surface area (Å²) in [4.78, 5) is 0. The predicted molar refractivity (Wildman–Crippen MR) is 81.4 cm³/mol. The van der Waals surface area contributed by atoms with Gasteiger partial charge < -0.3 is 0 Å². The number of aryl methyl sites for hydroxylation is 1. The number of nitrogens with one attached hydrogen (secondary N) is 2. The SMILES string of the molecule is CNS(=O)(=O)Nc1nn(C)c2c(C(C)C)ccc(Cl)c12. The van der Waals surface area contributed by atoms with Gasteiger partial charge in [-0.3, -0.25) is 9.40 Å². The van der Waals surface area contributed by atoms with Gasteiger partial charge in [-0.1, -0.05) is 31.5 Å². The molecular formula is C12H17ClN4O2S. The van der Waals surface area contributed by atoms with Crippen molar-refractivity contribution >= 4 is 38.5 Å². The predicted octanol–water partition coefficient (Wildman–Crippen LogP) is 2.23. The molecule has 1 aromatic carbocycles. The third-order valence-electron chi connectivity index (χ3n) is 3.09. The molecule has 8 heteroatoms. The summed E-state index contributed by atoms with van der Waals surface area (Å²) in [5.74, 6) is 0.503. The van der Waals surface area contributed by atoms with Gasteiger partial charge in [-0.25, -0.2) is 4.72 Å². The number of rotatable bonds is 4. The zero-order valence-electron chi connectivity index (χ0n) is 11.7. The van der Waals surface area contributed by atoms with Crippen LogP contribution in [0.3, 0.4) is 0 Å². The van der Waals surface area contributed by atoms with E-state index in [1.54, 1.807) is 17.8 Å². The second-order valence-electron chi connectivity index (χ2n) is 4.80. The van der Waals surface area contributed by atoms with Crippen molar-refractivity contribution in [2.75, 3.05) is 11.8 Å². The van der Waals surface area contributed by atoms with Crippen molar-refractivity contribution < 1.29 is 8.42 Å². The highest BCUT2D eigenvalue weighted by Crippen LogP contribution is 2.35. The molecular weight excluding hydrogens is 300 g/mol. The minimum absolute atomic E-state index is 0.226. The summed E-state index contributed by atoms with van der Waals surface area (Å²) in [5.41, 5.74) is 1.90. The Morgan fingerprint density at radius 3 is 2.55 bits per heavy atom. The van der Waals surface area contributed by atoms with E-state index < -0.39 is 10.2 Å². The lowest BCUT2D eigenvalue weighted by atomic mass is 10.0. The molecule has 0 bridgehead atoms. The molecule has 2 rings (SSSR count). The minimum atomic E-state index is -3.64. The zero-order chi connectivity index (χ0) is 15.1. The van der Waals surface area contributed by atoms with Gasteiger partial charge >= 0.3 is 0 Å². The molecule has 110 valence electrons. The molecule has 0 aliphatic rings. The van der Waals surface area contributed by atoms with E-state index >= 15 is 0 Å². The quantitative estimate of drug-likeness (QED) is 0.908. The molecule has 6 nitrogen and oxygen atoms in total. The molecule has 0 saturated carbocycles. The van der Waals surface area contributed by atoms with Crippen molar-refractivity contribution in [1.29, 1.82) is 0 Å². The summed E-state index contributed by atoms with van der Waals surface area (Å²) in [7, 11) is -0.541. The molecule has 0 aliphatic heterocycles. The Bertz CT molecular complexity index is 752. The standard InChI is InChI=1S/C12H17ClN4O2S/c1-7(2)8-5-6-9(13)10-11(8)17(4)15-12(10)16-20(18,19)14-3/h5-7,14H,1-4H3,(H,15,16). The molecule has 2 aromatic rings. The maximum absolute atomic E-state index is 11.6. The monoisotopic (exact) mass is 316 g/mol. The summed E-state index contributed by atoms with van der Waals surface area (Å²) < 4.78 is 29.5. The van der Waals surface area contributed by atoms with Crippen LogP contribution in [0.2, 0.25) is 5.02 Å². The van der Waals surface area contributed by atoms with E-state index in [0.29, 0.717) is 10.4 Å². The maximum atomic E-state index is 11.6. The van der Waals surface area contributed by atoms with E-state index in [-0.39, 0.29) is 11.7 Å². The molecule has 0 saturated heterocycles. The molecule has 0 radical (unpaired) electrons. The van der Waals surface area contributed by atoms with Gasteiger partial charge in [0.15, 0.2) is 5.82 Å². The third-order valence-corrected chi connectivity index (χ3v) is 4.40. The van der Waals surface area contributed by atoms with E-state index in [4.69, 9.17) is 11.6 Å². The van der Waals surface area contributed by atoms with Gasteiger partial charge in [-0.15, -0.1) is 0 Å². The number of aromatic nitrogens is 2. The largest absolute Gasteiger partial charge is 0.300 e. The van der Waals surface area contributed by atoms with E-state index in [1.165, 1.54) is 7.05 Å². The van der Waals surface area contributed by atoms with E-state index in [9.17, 15) is 8.42 Å². The van der Waals surface area contributed by atoms with E-state index in [2.05, 4.69) is 28.4 Å². The van der Waals surface area contributed by atoms with Crippen molar-refractivity contribution in [2.45, 2.75) is 19.8 Å². The normalized spacial score (nSPS) is 12.3. The van der Waals surface area contributed by atoms with Crippen molar-refractivity contribution in [3.05, 3.63) is 22.7 Å². The third kappa shape index (κ3) is 2.61. The van der Waals surface area contributed by atoms with Crippen LogP contribution in [0, 0.1) is 0 Å². The first-order valence-corrected chi connectivity index (χ1v) is 7.99. The number of hydrogen-bond donors (Lipinski definition) is 2. The molecule has 20 heavy (non-hydrogen) atoms. The average Bonchev–Trinajstić information content (AvgIpc) is 2.67. The lowest BCUT2D eigenvalue weighted by Gasteiger charge is -2.09. The minimum Gasteiger partial charge on any atom is -0.265 e. The van der Waals surface area contributed by atoms with Crippen LogP contribution in [0.5, 0.6) is 0 Å². The fourth-order valence-corrected chi connectivity index (χ4v) is 2.86. The van der Waals surface area contributed by atoms with Crippen LogP contribution < -0.4 is 9.44 Å². The Kier molecular flexibility index (Phi) is 3.95. The Hall–Kier alpha value is -1.31. The topological polar surface area (TPSA) is 76.0 Å². The van der Waals surface area contributed by atoms with Crippen molar-refractivity contribution in [3.8, 4) is 0 Å². The second kappa shape index (κ2) is 5.23.